The van der Waals surface area contributed by atoms with Gasteiger partial charge < -0.3 is 10.2 Å². The molecule has 1 aliphatic rings. The lowest BCUT2D eigenvalue weighted by atomic mass is 10.3. The summed E-state index contributed by atoms with van der Waals surface area (Å²) < 4.78 is 3.43. The fraction of sp³-hybridized carbons (Fsp3) is 0.550. The summed E-state index contributed by atoms with van der Waals surface area (Å²) in [6.07, 6.45) is 3.57. The molecular weight excluding hydrogens is 344 g/mol. The normalized spacial score (nSPS) is 14.0. The van der Waals surface area contributed by atoms with Crippen LogP contribution in [0.5, 0.6) is 0 Å². The zero-order valence-electron chi connectivity index (χ0n) is 15.9. The van der Waals surface area contributed by atoms with E-state index in [-0.39, 0.29) is 23.9 Å². The van der Waals surface area contributed by atoms with Crippen molar-refractivity contribution in [2.24, 2.45) is 0 Å². The van der Waals surface area contributed by atoms with Gasteiger partial charge in [0, 0.05) is 45.6 Å². The van der Waals surface area contributed by atoms with Crippen molar-refractivity contribution in [2.75, 3.05) is 19.6 Å². The zero-order chi connectivity index (χ0) is 19.2. The van der Waals surface area contributed by atoms with Crippen molar-refractivity contribution in [1.82, 2.24) is 19.4 Å². The molecule has 2 aromatic rings. The van der Waals surface area contributed by atoms with Crippen molar-refractivity contribution in [2.45, 2.75) is 52.1 Å². The monoisotopic (exact) mass is 372 g/mol. The number of hydrogen-bond donors (Lipinski definition) is 1. The quantitative estimate of drug-likeness (QED) is 0.767. The fourth-order valence-corrected chi connectivity index (χ4v) is 3.66. The molecule has 1 aliphatic heterocycles. The first-order valence-electron chi connectivity index (χ1n) is 9.84. The van der Waals surface area contributed by atoms with Crippen molar-refractivity contribution in [3.05, 3.63) is 34.7 Å². The predicted octanol–water partition coefficient (Wildman–Crippen LogP) is 1.73. The Kier molecular flexibility index (Phi) is 6.32. The summed E-state index contributed by atoms with van der Waals surface area (Å²) in [5, 5.41) is 2.80. The van der Waals surface area contributed by atoms with Crippen LogP contribution in [-0.4, -0.2) is 45.5 Å². The number of carbonyl (C=O) groups excluding carboxylic acids is 2. The largest absolute Gasteiger partial charge is 0.356 e. The minimum absolute atomic E-state index is 0.0740. The van der Waals surface area contributed by atoms with Crippen LogP contribution in [0.2, 0.25) is 0 Å². The van der Waals surface area contributed by atoms with Gasteiger partial charge in [-0.25, -0.2) is 4.79 Å². The maximum Gasteiger partial charge on any atom is 0.329 e. The highest BCUT2D eigenvalue weighted by molar-refractivity contribution is 5.79. The summed E-state index contributed by atoms with van der Waals surface area (Å²) in [6, 6.07) is 7.67. The molecule has 1 saturated heterocycles. The number of nitrogens with zero attached hydrogens (tertiary/aromatic N) is 3. The molecule has 0 spiro atoms. The third-order valence-corrected chi connectivity index (χ3v) is 5.05. The molecule has 1 aromatic carbocycles. The highest BCUT2D eigenvalue weighted by atomic mass is 16.2. The molecule has 146 valence electrons. The number of hydrogen-bond acceptors (Lipinski definition) is 3. The van der Waals surface area contributed by atoms with Crippen molar-refractivity contribution >= 4 is 22.8 Å². The minimum atomic E-state index is -0.136. The maximum absolute atomic E-state index is 12.7. The molecule has 2 heterocycles. The van der Waals surface area contributed by atoms with Gasteiger partial charge in [-0.15, -0.1) is 0 Å². The maximum atomic E-state index is 12.7. The van der Waals surface area contributed by atoms with Crippen LogP contribution in [0.15, 0.2) is 29.1 Å². The van der Waals surface area contributed by atoms with Crippen LogP contribution < -0.4 is 11.0 Å². The lowest BCUT2D eigenvalue weighted by Gasteiger charge is -2.15. The fourth-order valence-electron chi connectivity index (χ4n) is 3.66. The number of nitrogens with one attached hydrogen (secondary N) is 1. The Hall–Kier alpha value is -2.57. The lowest BCUT2D eigenvalue weighted by Crippen LogP contribution is -2.33. The molecule has 27 heavy (non-hydrogen) atoms. The highest BCUT2D eigenvalue weighted by Gasteiger charge is 2.17. The Balaban J connectivity index is 1.55. The van der Waals surface area contributed by atoms with Gasteiger partial charge in [-0.2, -0.15) is 0 Å². The summed E-state index contributed by atoms with van der Waals surface area (Å²) >= 11 is 0. The first kappa shape index (κ1) is 19.2. The topological polar surface area (TPSA) is 76.3 Å². The van der Waals surface area contributed by atoms with Gasteiger partial charge in [0.05, 0.1) is 11.0 Å². The molecule has 0 bridgehead atoms. The highest BCUT2D eigenvalue weighted by Crippen LogP contribution is 2.13. The second-order valence-corrected chi connectivity index (χ2v) is 7.01. The van der Waals surface area contributed by atoms with E-state index in [1.165, 1.54) is 0 Å². The first-order chi connectivity index (χ1) is 13.1. The van der Waals surface area contributed by atoms with Crippen LogP contribution in [0.25, 0.3) is 11.0 Å². The van der Waals surface area contributed by atoms with E-state index in [0.717, 1.165) is 43.4 Å². The van der Waals surface area contributed by atoms with Gasteiger partial charge in [0.15, 0.2) is 0 Å². The van der Waals surface area contributed by atoms with E-state index < -0.39 is 0 Å². The third kappa shape index (κ3) is 4.40. The van der Waals surface area contributed by atoms with Gasteiger partial charge >= 0.3 is 5.69 Å². The Morgan fingerprint density at radius 3 is 2.26 bits per heavy atom. The number of aromatic nitrogens is 2. The number of rotatable bonds is 8. The van der Waals surface area contributed by atoms with E-state index in [4.69, 9.17) is 0 Å². The van der Waals surface area contributed by atoms with Crippen LogP contribution in [0.1, 0.15) is 39.0 Å². The summed E-state index contributed by atoms with van der Waals surface area (Å²) in [6.45, 7) is 5.05. The second kappa shape index (κ2) is 8.88. The molecule has 0 radical (unpaired) electrons. The van der Waals surface area contributed by atoms with Crippen molar-refractivity contribution in [3.63, 3.8) is 0 Å². The molecule has 2 amide bonds. The number of fused-ring (bicyclic) bond motifs is 1. The summed E-state index contributed by atoms with van der Waals surface area (Å²) in [5.41, 5.74) is 1.68. The minimum Gasteiger partial charge on any atom is -0.356 e. The van der Waals surface area contributed by atoms with E-state index in [1.54, 1.807) is 9.13 Å². The van der Waals surface area contributed by atoms with E-state index in [9.17, 15) is 14.4 Å². The standard InChI is InChI=1S/C20H28N4O3/c1-2-12-23-16-7-3-4-8-17(16)24(20(23)27)15-10-18(25)21-11-9-19(26)22-13-5-6-14-22/h3-4,7-8H,2,5-6,9-15H2,1H3,(H,21,25). The number of benzene rings is 1. The number of carbonyl (C=O) groups is 2. The zero-order valence-corrected chi connectivity index (χ0v) is 15.9. The van der Waals surface area contributed by atoms with Gasteiger partial charge in [-0.1, -0.05) is 19.1 Å². The molecule has 3 rings (SSSR count). The molecule has 0 unspecified atom stereocenters. The smallest absolute Gasteiger partial charge is 0.329 e. The summed E-state index contributed by atoms with van der Waals surface area (Å²) in [5.74, 6) is -0.0323. The summed E-state index contributed by atoms with van der Waals surface area (Å²) in [7, 11) is 0. The average molecular weight is 372 g/mol. The molecule has 1 fully saturated rings. The Bertz CT molecular complexity index is 862. The molecule has 1 aromatic heterocycles. The molecule has 0 aliphatic carbocycles. The lowest BCUT2D eigenvalue weighted by molar-refractivity contribution is -0.130. The number of likely N-dealkylation sites (tertiary alicyclic amines) is 1. The molecular formula is C20H28N4O3. The van der Waals surface area contributed by atoms with E-state index >= 15 is 0 Å². The van der Waals surface area contributed by atoms with E-state index in [2.05, 4.69) is 5.32 Å². The van der Waals surface area contributed by atoms with Crippen molar-refractivity contribution in [1.29, 1.82) is 0 Å². The van der Waals surface area contributed by atoms with Gasteiger partial charge in [0.2, 0.25) is 11.8 Å². The average Bonchev–Trinajstić information content (AvgIpc) is 3.29. The Morgan fingerprint density at radius 1 is 1.00 bits per heavy atom. The molecule has 0 atom stereocenters. The number of amides is 2. The molecule has 7 heteroatoms. The summed E-state index contributed by atoms with van der Waals surface area (Å²) in [4.78, 5) is 38.7. The van der Waals surface area contributed by atoms with Gasteiger partial charge in [-0.3, -0.25) is 18.7 Å². The van der Waals surface area contributed by atoms with Gasteiger partial charge in [-0.05, 0) is 31.4 Å². The number of para-hydroxylation sites is 2. The first-order valence-corrected chi connectivity index (χ1v) is 9.84. The predicted molar refractivity (Wildman–Crippen MR) is 105 cm³/mol. The van der Waals surface area contributed by atoms with Crippen molar-refractivity contribution < 1.29 is 9.59 Å². The van der Waals surface area contributed by atoms with Crippen LogP contribution in [-0.2, 0) is 22.7 Å². The van der Waals surface area contributed by atoms with Crippen LogP contribution in [0, 0.1) is 0 Å². The second-order valence-electron chi connectivity index (χ2n) is 7.01. The van der Waals surface area contributed by atoms with E-state index in [1.807, 2.05) is 36.1 Å². The van der Waals surface area contributed by atoms with Gasteiger partial charge in [0.1, 0.15) is 0 Å². The third-order valence-electron chi connectivity index (χ3n) is 5.05. The molecule has 1 N–H and O–H groups in total. The van der Waals surface area contributed by atoms with Crippen LogP contribution in [0.4, 0.5) is 0 Å². The van der Waals surface area contributed by atoms with Crippen LogP contribution in [0.3, 0.4) is 0 Å². The number of aryl methyl sites for hydroxylation is 2. The Morgan fingerprint density at radius 2 is 1.63 bits per heavy atom. The molecule has 0 saturated carbocycles. The van der Waals surface area contributed by atoms with E-state index in [0.29, 0.717) is 26.1 Å². The van der Waals surface area contributed by atoms with Crippen molar-refractivity contribution in [3.8, 4) is 0 Å². The Labute approximate surface area is 158 Å². The van der Waals surface area contributed by atoms with Crippen LogP contribution >= 0.6 is 0 Å². The SMILES string of the molecule is CCCn1c(=O)n(CCC(=O)NCCC(=O)N2CCCC2)c2ccccc21. The molecule has 7 nitrogen and oxygen atoms in total. The number of imidazole rings is 1. The van der Waals surface area contributed by atoms with Gasteiger partial charge in [0.25, 0.3) is 0 Å².